The van der Waals surface area contributed by atoms with Crippen molar-refractivity contribution in [2.75, 3.05) is 48.8 Å². The van der Waals surface area contributed by atoms with Crippen LogP contribution in [0, 0.1) is 0 Å². The van der Waals surface area contributed by atoms with Gasteiger partial charge in [-0.15, -0.1) is 11.3 Å². The quantitative estimate of drug-likeness (QED) is 0.134. The number of nitrogens with zero attached hydrogens (tertiary/aromatic N) is 6. The maximum absolute atomic E-state index is 13.6. The van der Waals surface area contributed by atoms with Gasteiger partial charge in [0, 0.05) is 54.6 Å². The number of nitrogens with one attached hydrogen (secondary N) is 2. The van der Waals surface area contributed by atoms with Gasteiger partial charge in [0.25, 0.3) is 5.91 Å². The lowest BCUT2D eigenvalue weighted by atomic mass is 10.1. The third-order valence-electron chi connectivity index (χ3n) is 8.08. The zero-order valence-electron chi connectivity index (χ0n) is 25.1. The monoisotopic (exact) mass is 746 g/mol. The molecule has 5 heterocycles. The van der Waals surface area contributed by atoms with Gasteiger partial charge in [0.2, 0.25) is 0 Å². The summed E-state index contributed by atoms with van der Waals surface area (Å²) in [5.74, 6) is 0.830. The van der Waals surface area contributed by atoms with Crippen molar-refractivity contribution in [1.82, 2.24) is 24.8 Å². The lowest BCUT2D eigenvalue weighted by Gasteiger charge is -2.32. The fraction of sp³-hybridized carbons (Fsp3) is 0.242. The van der Waals surface area contributed by atoms with Gasteiger partial charge in [0.15, 0.2) is 5.82 Å². The van der Waals surface area contributed by atoms with Crippen molar-refractivity contribution >= 4 is 79.0 Å². The first-order valence-corrected chi connectivity index (χ1v) is 17.2. The highest BCUT2D eigenvalue weighted by Crippen LogP contribution is 2.45. The molecule has 11 nitrogen and oxygen atoms in total. The molecule has 0 saturated carbocycles. The van der Waals surface area contributed by atoms with Gasteiger partial charge in [-0.2, -0.15) is 0 Å². The normalized spacial score (nSPS) is 15.2. The Bertz CT molecular complexity index is 1900. The van der Waals surface area contributed by atoms with E-state index in [9.17, 15) is 9.59 Å². The Kier molecular flexibility index (Phi) is 8.80. The molecule has 3 aromatic heterocycles. The topological polar surface area (TPSA) is 116 Å². The second kappa shape index (κ2) is 13.3. The van der Waals surface area contributed by atoms with Crippen LogP contribution in [-0.4, -0.2) is 69.9 Å². The predicted molar refractivity (Wildman–Crippen MR) is 188 cm³/mol. The smallest absolute Gasteiger partial charge is 0.332 e. The van der Waals surface area contributed by atoms with E-state index in [1.165, 1.54) is 28.1 Å². The van der Waals surface area contributed by atoms with Crippen molar-refractivity contribution in [2.24, 2.45) is 0 Å². The number of rotatable bonds is 9. The molecule has 2 aliphatic heterocycles. The van der Waals surface area contributed by atoms with Crippen molar-refractivity contribution in [3.05, 3.63) is 94.9 Å². The van der Waals surface area contributed by atoms with Gasteiger partial charge >= 0.3 is 6.03 Å². The number of carbonyl (C=O) groups is 2. The van der Waals surface area contributed by atoms with Crippen LogP contribution in [0.1, 0.15) is 26.5 Å². The van der Waals surface area contributed by atoms with Gasteiger partial charge < -0.3 is 20.3 Å². The molecule has 0 radical (unpaired) electrons. The molecule has 13 heteroatoms. The van der Waals surface area contributed by atoms with Gasteiger partial charge in [-0.3, -0.25) is 14.7 Å². The third kappa shape index (κ3) is 6.27. The highest BCUT2D eigenvalue weighted by atomic mass is 127. The van der Waals surface area contributed by atoms with Crippen molar-refractivity contribution < 1.29 is 14.3 Å². The second-order valence-electron chi connectivity index (χ2n) is 11.2. The Labute approximate surface area is 283 Å². The van der Waals surface area contributed by atoms with Crippen LogP contribution in [0.5, 0.6) is 5.75 Å². The number of benzene rings is 2. The molecule has 0 aliphatic carbocycles. The van der Waals surface area contributed by atoms with Gasteiger partial charge in [-0.25, -0.2) is 19.7 Å². The van der Waals surface area contributed by atoms with Crippen LogP contribution < -0.4 is 20.3 Å². The fourth-order valence-electron chi connectivity index (χ4n) is 5.60. The summed E-state index contributed by atoms with van der Waals surface area (Å²) in [6.45, 7) is 5.45. The summed E-state index contributed by atoms with van der Waals surface area (Å²) in [5, 5.41) is 6.58. The maximum Gasteiger partial charge on any atom is 0.332 e. The maximum atomic E-state index is 13.6. The summed E-state index contributed by atoms with van der Waals surface area (Å²) in [7, 11) is 2.15. The first kappa shape index (κ1) is 30.5. The zero-order valence-corrected chi connectivity index (χ0v) is 28.0. The highest BCUT2D eigenvalue weighted by Gasteiger charge is 2.34. The summed E-state index contributed by atoms with van der Waals surface area (Å²) in [6, 6.07) is 18.8. The number of thiophene rings is 1. The van der Waals surface area contributed by atoms with Crippen LogP contribution >= 0.6 is 33.9 Å². The van der Waals surface area contributed by atoms with E-state index in [2.05, 4.69) is 65.0 Å². The number of alkyl halides is 1. The minimum absolute atomic E-state index is 0.314. The van der Waals surface area contributed by atoms with Crippen LogP contribution in [-0.2, 0) is 17.6 Å². The SMILES string of the molecule is CN1CCN(Cc2ccc(NC(=O)c3sc4ncnc5c4c3NC(=O)N5c3ccc(OCc4ccccn4)c(CI)c3)cc2)CC1. The van der Waals surface area contributed by atoms with E-state index in [1.54, 1.807) is 6.20 Å². The molecule has 46 heavy (non-hydrogen) atoms. The predicted octanol–water partition coefficient (Wildman–Crippen LogP) is 6.28. The Balaban J connectivity index is 1.10. The largest absolute Gasteiger partial charge is 0.487 e. The van der Waals surface area contributed by atoms with Gasteiger partial charge in [-0.1, -0.05) is 40.8 Å². The average molecular weight is 747 g/mol. The molecule has 0 spiro atoms. The lowest BCUT2D eigenvalue weighted by molar-refractivity contribution is 0.103. The van der Waals surface area contributed by atoms with E-state index in [0.29, 0.717) is 49.0 Å². The molecule has 7 rings (SSSR count). The highest BCUT2D eigenvalue weighted by molar-refractivity contribution is 14.1. The number of halogens is 1. The van der Waals surface area contributed by atoms with E-state index in [-0.39, 0.29) is 5.91 Å². The first-order chi connectivity index (χ1) is 22.5. The number of ether oxygens (including phenoxy) is 1. The van der Waals surface area contributed by atoms with Gasteiger partial charge in [0.1, 0.15) is 28.4 Å². The minimum Gasteiger partial charge on any atom is -0.487 e. The number of piperazine rings is 1. The van der Waals surface area contributed by atoms with E-state index in [0.717, 1.165) is 49.7 Å². The Morgan fingerprint density at radius 3 is 2.63 bits per heavy atom. The zero-order chi connectivity index (χ0) is 31.6. The third-order valence-corrected chi connectivity index (χ3v) is 10.0. The van der Waals surface area contributed by atoms with Crippen molar-refractivity contribution in [1.29, 1.82) is 0 Å². The number of carbonyl (C=O) groups excluding carboxylic acids is 2. The Morgan fingerprint density at radius 1 is 1.04 bits per heavy atom. The van der Waals surface area contributed by atoms with E-state index >= 15 is 0 Å². The first-order valence-electron chi connectivity index (χ1n) is 14.9. The van der Waals surface area contributed by atoms with E-state index in [4.69, 9.17) is 4.74 Å². The summed E-state index contributed by atoms with van der Waals surface area (Å²) in [5.41, 5.74) is 4.69. The van der Waals surface area contributed by atoms with Crippen molar-refractivity contribution in [2.45, 2.75) is 17.6 Å². The fourth-order valence-corrected chi connectivity index (χ4v) is 7.18. The number of likely N-dealkylation sites (N-methyl/N-ethyl adjacent to an activating group) is 1. The summed E-state index contributed by atoms with van der Waals surface area (Å²) in [6.07, 6.45) is 3.16. The van der Waals surface area contributed by atoms with E-state index < -0.39 is 6.03 Å². The number of urea groups is 1. The second-order valence-corrected chi connectivity index (χ2v) is 13.0. The van der Waals surface area contributed by atoms with Gasteiger partial charge in [-0.05, 0) is 55.1 Å². The summed E-state index contributed by atoms with van der Waals surface area (Å²) >= 11 is 3.51. The van der Waals surface area contributed by atoms with Crippen molar-refractivity contribution in [3.63, 3.8) is 0 Å². The molecule has 1 fully saturated rings. The molecule has 3 amide bonds. The Morgan fingerprint density at radius 2 is 1.87 bits per heavy atom. The molecule has 5 aromatic rings. The number of hydrogen-bond donors (Lipinski definition) is 2. The molecule has 2 aromatic carbocycles. The van der Waals surface area contributed by atoms with Crippen LogP contribution in [0.25, 0.3) is 10.2 Å². The van der Waals surface area contributed by atoms with Crippen LogP contribution in [0.15, 0.2) is 73.2 Å². The Hall–Kier alpha value is -4.18. The van der Waals surface area contributed by atoms with E-state index in [1.807, 2.05) is 60.7 Å². The van der Waals surface area contributed by atoms with Crippen molar-refractivity contribution in [3.8, 4) is 5.75 Å². The van der Waals surface area contributed by atoms with Crippen LogP contribution in [0.3, 0.4) is 0 Å². The van der Waals surface area contributed by atoms with Crippen LogP contribution in [0.2, 0.25) is 0 Å². The molecule has 234 valence electrons. The number of anilines is 4. The standard InChI is InChI=1S/C33H31IN8O3S/c1-40-12-14-41(15-13-40)18-21-5-7-23(8-6-21)38-31(43)29-28-27-30(36-20-37-32(27)46-29)42(33(44)39-28)25-9-10-26(22(16-25)17-34)45-19-24-4-2-3-11-35-24/h2-11,16,20H,12-15,17-19H2,1H3,(H,38,43)(H,39,44). The molecule has 1 saturated heterocycles. The summed E-state index contributed by atoms with van der Waals surface area (Å²) in [4.78, 5) is 47.7. The average Bonchev–Trinajstić information content (AvgIpc) is 3.45. The molecular formula is C33H31IN8O3S. The van der Waals surface area contributed by atoms with Gasteiger partial charge in [0.05, 0.1) is 22.5 Å². The molecule has 0 unspecified atom stereocenters. The lowest BCUT2D eigenvalue weighted by Crippen LogP contribution is -2.43. The minimum atomic E-state index is -0.408. The molecule has 0 bridgehead atoms. The molecular weight excluding hydrogens is 715 g/mol. The summed E-state index contributed by atoms with van der Waals surface area (Å²) < 4.78 is 6.73. The molecule has 2 N–H and O–H groups in total. The molecule has 2 aliphatic rings. The number of amides is 3. The number of hydrogen-bond acceptors (Lipinski definition) is 9. The number of aromatic nitrogens is 3. The van der Waals surface area contributed by atoms with Crippen LogP contribution in [0.4, 0.5) is 27.7 Å². The molecule has 0 atom stereocenters. The number of pyridine rings is 1.